The van der Waals surface area contributed by atoms with E-state index in [1.807, 2.05) is 4.90 Å². The lowest BCUT2D eigenvalue weighted by Gasteiger charge is -2.45. The van der Waals surface area contributed by atoms with Crippen molar-refractivity contribution in [3.63, 3.8) is 0 Å². The average molecular weight is 277 g/mol. The number of aromatic amines is 1. The number of nitrogens with zero attached hydrogens (tertiary/aromatic N) is 3. The van der Waals surface area contributed by atoms with Crippen molar-refractivity contribution in [1.82, 2.24) is 20.0 Å². The molecule has 2 fully saturated rings. The summed E-state index contributed by atoms with van der Waals surface area (Å²) in [6.45, 7) is 6.60. The first kappa shape index (κ1) is 13.4. The Morgan fingerprint density at radius 3 is 2.70 bits per heavy atom. The second-order valence-electron chi connectivity index (χ2n) is 6.63. The summed E-state index contributed by atoms with van der Waals surface area (Å²) in [4.78, 5) is 16.8. The zero-order valence-electron chi connectivity index (χ0n) is 12.4. The zero-order valence-corrected chi connectivity index (χ0v) is 12.4. The van der Waals surface area contributed by atoms with Gasteiger partial charge >= 0.3 is 0 Å². The highest BCUT2D eigenvalue weighted by atomic mass is 16.2. The molecule has 0 bridgehead atoms. The normalized spacial score (nSPS) is 23.1. The first-order chi connectivity index (χ1) is 9.40. The molecule has 1 amide bonds. The van der Waals surface area contributed by atoms with Crippen LogP contribution in [-0.4, -0.2) is 58.1 Å². The van der Waals surface area contributed by atoms with Gasteiger partial charge in [0.2, 0.25) is 0 Å². The lowest BCUT2D eigenvalue weighted by molar-refractivity contribution is 0.0308. The highest BCUT2D eigenvalue weighted by Crippen LogP contribution is 2.42. The fraction of sp³-hybridized carbons (Fsp3) is 0.714. The van der Waals surface area contributed by atoms with Crippen LogP contribution in [0.5, 0.6) is 0 Å². The first-order valence-electron chi connectivity index (χ1n) is 7.24. The Labute approximate surface area is 119 Å². The molecule has 1 aromatic heterocycles. The summed E-state index contributed by atoms with van der Waals surface area (Å²) >= 11 is 0. The Kier molecular flexibility index (Phi) is 3.01. The third-order valence-corrected chi connectivity index (χ3v) is 4.63. The van der Waals surface area contributed by atoms with Gasteiger partial charge in [0, 0.05) is 31.1 Å². The predicted molar refractivity (Wildman–Crippen MR) is 77.6 cm³/mol. The first-order valence-corrected chi connectivity index (χ1v) is 7.24. The highest BCUT2D eigenvalue weighted by molar-refractivity contribution is 5.97. The highest BCUT2D eigenvalue weighted by Gasteiger charge is 2.36. The number of piperazine rings is 1. The van der Waals surface area contributed by atoms with Crippen molar-refractivity contribution >= 4 is 11.6 Å². The quantitative estimate of drug-likeness (QED) is 0.846. The number of nitrogen functional groups attached to an aromatic ring is 1. The van der Waals surface area contributed by atoms with E-state index < -0.39 is 0 Å². The van der Waals surface area contributed by atoms with Crippen molar-refractivity contribution in [2.45, 2.75) is 38.1 Å². The van der Waals surface area contributed by atoms with Crippen molar-refractivity contribution in [2.24, 2.45) is 0 Å². The number of anilines is 1. The van der Waals surface area contributed by atoms with Crippen molar-refractivity contribution in [1.29, 1.82) is 0 Å². The van der Waals surface area contributed by atoms with E-state index in [4.69, 9.17) is 5.73 Å². The maximum Gasteiger partial charge on any atom is 0.276 e. The van der Waals surface area contributed by atoms with Gasteiger partial charge in [-0.2, -0.15) is 5.10 Å². The molecule has 3 N–H and O–H groups in total. The molecule has 1 saturated carbocycles. The Morgan fingerprint density at radius 1 is 1.40 bits per heavy atom. The number of likely N-dealkylation sites (N-methyl/N-ethyl adjacent to an activating group) is 1. The van der Waals surface area contributed by atoms with E-state index >= 15 is 0 Å². The lowest BCUT2D eigenvalue weighted by atomic mass is 9.99. The summed E-state index contributed by atoms with van der Waals surface area (Å²) in [7, 11) is 2.09. The Bertz CT molecular complexity index is 532. The van der Waals surface area contributed by atoms with Gasteiger partial charge < -0.3 is 10.6 Å². The van der Waals surface area contributed by atoms with Crippen molar-refractivity contribution in [3.05, 3.63) is 11.4 Å². The molecule has 0 aromatic carbocycles. The van der Waals surface area contributed by atoms with Crippen LogP contribution in [0.2, 0.25) is 0 Å². The van der Waals surface area contributed by atoms with Crippen LogP contribution in [0, 0.1) is 0 Å². The Hall–Kier alpha value is -1.56. The molecule has 1 aliphatic heterocycles. The van der Waals surface area contributed by atoms with E-state index in [2.05, 4.69) is 36.0 Å². The van der Waals surface area contributed by atoms with Crippen LogP contribution < -0.4 is 5.73 Å². The number of nitrogens with one attached hydrogen (secondary N) is 1. The van der Waals surface area contributed by atoms with E-state index in [0.29, 0.717) is 23.8 Å². The molecule has 0 spiro atoms. The number of rotatable bonds is 2. The molecule has 0 unspecified atom stereocenters. The van der Waals surface area contributed by atoms with Crippen LogP contribution in [-0.2, 0) is 0 Å². The van der Waals surface area contributed by atoms with Crippen molar-refractivity contribution in [3.8, 4) is 0 Å². The monoisotopic (exact) mass is 277 g/mol. The average Bonchev–Trinajstić information content (AvgIpc) is 3.15. The number of hydrogen-bond donors (Lipinski definition) is 2. The second-order valence-corrected chi connectivity index (χ2v) is 6.63. The van der Waals surface area contributed by atoms with Crippen LogP contribution >= 0.6 is 0 Å². The van der Waals surface area contributed by atoms with Gasteiger partial charge in [-0.1, -0.05) is 0 Å². The molecule has 20 heavy (non-hydrogen) atoms. The van der Waals surface area contributed by atoms with Crippen LogP contribution in [0.15, 0.2) is 0 Å². The molecule has 2 heterocycles. The van der Waals surface area contributed by atoms with Gasteiger partial charge in [0.25, 0.3) is 5.91 Å². The van der Waals surface area contributed by atoms with Gasteiger partial charge in [0.15, 0.2) is 5.69 Å². The Balaban J connectivity index is 1.79. The number of carbonyl (C=O) groups excluding carboxylic acids is 1. The second kappa shape index (κ2) is 4.48. The van der Waals surface area contributed by atoms with E-state index in [1.165, 1.54) is 0 Å². The van der Waals surface area contributed by atoms with Gasteiger partial charge in [-0.3, -0.25) is 14.8 Å². The van der Waals surface area contributed by atoms with Gasteiger partial charge in [0.1, 0.15) is 0 Å². The molecule has 3 rings (SSSR count). The van der Waals surface area contributed by atoms with E-state index in [9.17, 15) is 4.79 Å². The molecule has 1 aromatic rings. The number of amides is 1. The van der Waals surface area contributed by atoms with Gasteiger partial charge in [0.05, 0.1) is 11.4 Å². The van der Waals surface area contributed by atoms with E-state index in [-0.39, 0.29) is 11.4 Å². The molecule has 2 aliphatic rings. The molecule has 1 saturated heterocycles. The largest absolute Gasteiger partial charge is 0.395 e. The minimum absolute atomic E-state index is 0.0156. The summed E-state index contributed by atoms with van der Waals surface area (Å²) in [5.74, 6) is 0.430. The van der Waals surface area contributed by atoms with E-state index in [1.54, 1.807) is 0 Å². The molecule has 0 atom stereocenters. The summed E-state index contributed by atoms with van der Waals surface area (Å²) in [6.07, 6.45) is 2.28. The molecular weight excluding hydrogens is 254 g/mol. The number of H-pyrrole nitrogens is 1. The minimum Gasteiger partial charge on any atom is -0.395 e. The molecule has 110 valence electrons. The number of hydrogen-bond acceptors (Lipinski definition) is 4. The molecule has 1 aliphatic carbocycles. The third kappa shape index (κ3) is 2.18. The van der Waals surface area contributed by atoms with E-state index in [0.717, 1.165) is 31.6 Å². The summed E-state index contributed by atoms with van der Waals surface area (Å²) in [5.41, 5.74) is 7.97. The predicted octanol–water partition coefficient (Wildman–Crippen LogP) is 1.04. The fourth-order valence-corrected chi connectivity index (χ4v) is 2.77. The third-order valence-electron chi connectivity index (χ3n) is 4.63. The summed E-state index contributed by atoms with van der Waals surface area (Å²) in [5, 5.41) is 7.12. The SMILES string of the molecule is CN1CCN(C(=O)c2n[nH]c(C3CC3)c2N)CC1(C)C. The van der Waals surface area contributed by atoms with Crippen LogP contribution in [0.1, 0.15) is 48.8 Å². The van der Waals surface area contributed by atoms with Crippen LogP contribution in [0.4, 0.5) is 5.69 Å². The molecule has 6 heteroatoms. The van der Waals surface area contributed by atoms with Crippen molar-refractivity contribution in [2.75, 3.05) is 32.4 Å². The molecule has 6 nitrogen and oxygen atoms in total. The van der Waals surface area contributed by atoms with Gasteiger partial charge in [-0.25, -0.2) is 0 Å². The zero-order chi connectivity index (χ0) is 14.5. The number of carbonyl (C=O) groups is 1. The summed E-state index contributed by atoms with van der Waals surface area (Å²) < 4.78 is 0. The number of aromatic nitrogens is 2. The minimum atomic E-state index is -0.0492. The number of nitrogens with two attached hydrogens (primary N) is 1. The maximum absolute atomic E-state index is 12.6. The van der Waals surface area contributed by atoms with Crippen LogP contribution in [0.25, 0.3) is 0 Å². The van der Waals surface area contributed by atoms with Gasteiger partial charge in [-0.05, 0) is 33.7 Å². The van der Waals surface area contributed by atoms with Crippen molar-refractivity contribution < 1.29 is 4.79 Å². The smallest absolute Gasteiger partial charge is 0.276 e. The lowest BCUT2D eigenvalue weighted by Crippen LogP contribution is -2.58. The summed E-state index contributed by atoms with van der Waals surface area (Å²) in [6, 6.07) is 0. The van der Waals surface area contributed by atoms with Crippen LogP contribution in [0.3, 0.4) is 0 Å². The maximum atomic E-state index is 12.6. The Morgan fingerprint density at radius 2 is 2.10 bits per heavy atom. The molecule has 0 radical (unpaired) electrons. The standard InChI is InChI=1S/C14H23N5O/c1-14(2)8-19(7-6-18(14)3)13(20)12-10(15)11(16-17-12)9-4-5-9/h9H,4-8,15H2,1-3H3,(H,16,17). The topological polar surface area (TPSA) is 78.2 Å². The van der Waals surface area contributed by atoms with Gasteiger partial charge in [-0.15, -0.1) is 0 Å². The molecular formula is C14H23N5O. The fourth-order valence-electron chi connectivity index (χ4n) is 2.77.